The van der Waals surface area contributed by atoms with Crippen molar-refractivity contribution in [3.05, 3.63) is 34.0 Å². The van der Waals surface area contributed by atoms with Gasteiger partial charge in [-0.15, -0.1) is 0 Å². The van der Waals surface area contributed by atoms with Crippen LogP contribution < -0.4 is 5.56 Å². The highest BCUT2D eigenvalue weighted by atomic mass is 16.5. The van der Waals surface area contributed by atoms with E-state index in [1.807, 2.05) is 6.07 Å². The predicted octanol–water partition coefficient (Wildman–Crippen LogP) is 0.775. The van der Waals surface area contributed by atoms with Crippen LogP contribution in [0, 0.1) is 5.92 Å². The standard InChI is InChI=1S/C18H22N4O3/c1-12-2-3-15-13(8-12)9-14-17(20-15)19-11-22(18(14)24)10-16(23)21-4-6-25-7-5-21/h9,11-12H,2-8,10H2,1H3. The fraction of sp³-hybridized carbons (Fsp3) is 0.556. The van der Waals surface area contributed by atoms with Crippen molar-refractivity contribution in [3.63, 3.8) is 0 Å². The number of carbonyl (C=O) groups is 1. The van der Waals surface area contributed by atoms with Crippen molar-refractivity contribution in [3.8, 4) is 0 Å². The summed E-state index contributed by atoms with van der Waals surface area (Å²) >= 11 is 0. The number of aryl methyl sites for hydroxylation is 1. The zero-order valence-corrected chi connectivity index (χ0v) is 14.4. The number of ether oxygens (including phenoxy) is 1. The second kappa shape index (κ2) is 6.55. The summed E-state index contributed by atoms with van der Waals surface area (Å²) in [6.07, 6.45) is 4.44. The molecule has 0 radical (unpaired) electrons. The Kier molecular flexibility index (Phi) is 4.25. The maximum atomic E-state index is 12.8. The Bertz CT molecular complexity index is 870. The van der Waals surface area contributed by atoms with Crippen molar-refractivity contribution in [1.82, 2.24) is 19.4 Å². The number of amides is 1. The number of morpholine rings is 1. The predicted molar refractivity (Wildman–Crippen MR) is 92.4 cm³/mol. The van der Waals surface area contributed by atoms with Crippen LogP contribution in [0.3, 0.4) is 0 Å². The van der Waals surface area contributed by atoms with Gasteiger partial charge in [-0.1, -0.05) is 6.92 Å². The molecule has 0 N–H and O–H groups in total. The average Bonchev–Trinajstić information content (AvgIpc) is 2.63. The van der Waals surface area contributed by atoms with Crippen LogP contribution in [0.1, 0.15) is 24.6 Å². The second-order valence-electron chi connectivity index (χ2n) is 6.98. The van der Waals surface area contributed by atoms with Crippen LogP contribution in [0.15, 0.2) is 17.2 Å². The van der Waals surface area contributed by atoms with Crippen LogP contribution in [0.5, 0.6) is 0 Å². The van der Waals surface area contributed by atoms with Crippen LogP contribution in [0.25, 0.3) is 11.0 Å². The maximum Gasteiger partial charge on any atom is 0.263 e. The molecule has 1 saturated heterocycles. The maximum absolute atomic E-state index is 12.8. The highest BCUT2D eigenvalue weighted by Gasteiger charge is 2.21. The van der Waals surface area contributed by atoms with E-state index >= 15 is 0 Å². The fourth-order valence-electron chi connectivity index (χ4n) is 3.59. The molecule has 0 aromatic carbocycles. The zero-order valence-electron chi connectivity index (χ0n) is 14.4. The van der Waals surface area contributed by atoms with Gasteiger partial charge in [-0.3, -0.25) is 14.2 Å². The molecule has 1 atom stereocenters. The van der Waals surface area contributed by atoms with Crippen LogP contribution in [-0.2, 0) is 28.9 Å². The lowest BCUT2D eigenvalue weighted by Gasteiger charge is -2.27. The first-order valence-electron chi connectivity index (χ1n) is 8.85. The van der Waals surface area contributed by atoms with E-state index in [1.54, 1.807) is 4.90 Å². The number of aromatic nitrogens is 3. The van der Waals surface area contributed by atoms with E-state index < -0.39 is 0 Å². The molecule has 1 aliphatic carbocycles. The number of fused-ring (bicyclic) bond motifs is 2. The summed E-state index contributed by atoms with van der Waals surface area (Å²) in [4.78, 5) is 35.8. The van der Waals surface area contributed by atoms with Gasteiger partial charge in [0.15, 0.2) is 5.65 Å². The van der Waals surface area contributed by atoms with Gasteiger partial charge in [-0.25, -0.2) is 9.97 Å². The Morgan fingerprint density at radius 3 is 2.96 bits per heavy atom. The Morgan fingerprint density at radius 2 is 2.16 bits per heavy atom. The molecular weight excluding hydrogens is 320 g/mol. The Balaban J connectivity index is 1.65. The van der Waals surface area contributed by atoms with Gasteiger partial charge in [0.25, 0.3) is 5.56 Å². The van der Waals surface area contributed by atoms with E-state index in [0.717, 1.165) is 30.5 Å². The summed E-state index contributed by atoms with van der Waals surface area (Å²) in [5.41, 5.74) is 2.48. The minimum atomic E-state index is -0.194. The molecule has 2 aromatic rings. The molecule has 0 saturated carbocycles. The molecule has 7 nitrogen and oxygen atoms in total. The van der Waals surface area contributed by atoms with E-state index in [0.29, 0.717) is 43.3 Å². The average molecular weight is 342 g/mol. The third kappa shape index (κ3) is 3.16. The van der Waals surface area contributed by atoms with Gasteiger partial charge in [0.2, 0.25) is 5.91 Å². The molecule has 1 aliphatic heterocycles. The van der Waals surface area contributed by atoms with Gasteiger partial charge in [-0.2, -0.15) is 0 Å². The van der Waals surface area contributed by atoms with Gasteiger partial charge in [0, 0.05) is 18.8 Å². The summed E-state index contributed by atoms with van der Waals surface area (Å²) in [6.45, 7) is 4.46. The number of hydrogen-bond donors (Lipinski definition) is 0. The van der Waals surface area contributed by atoms with E-state index in [2.05, 4.69) is 16.9 Å². The smallest absolute Gasteiger partial charge is 0.263 e. The number of carbonyl (C=O) groups excluding carboxylic acids is 1. The van der Waals surface area contributed by atoms with Crippen molar-refractivity contribution >= 4 is 16.9 Å². The topological polar surface area (TPSA) is 77.3 Å². The quantitative estimate of drug-likeness (QED) is 0.806. The van der Waals surface area contributed by atoms with Crippen LogP contribution >= 0.6 is 0 Å². The van der Waals surface area contributed by atoms with Gasteiger partial charge < -0.3 is 9.64 Å². The fourth-order valence-corrected chi connectivity index (χ4v) is 3.59. The van der Waals surface area contributed by atoms with Crippen LogP contribution in [0.2, 0.25) is 0 Å². The van der Waals surface area contributed by atoms with Crippen molar-refractivity contribution < 1.29 is 9.53 Å². The molecule has 1 amide bonds. The molecule has 7 heteroatoms. The molecular formula is C18H22N4O3. The minimum Gasteiger partial charge on any atom is -0.378 e. The molecule has 2 aromatic heterocycles. The third-order valence-corrected chi connectivity index (χ3v) is 5.09. The molecule has 132 valence electrons. The van der Waals surface area contributed by atoms with Crippen LogP contribution in [0.4, 0.5) is 0 Å². The summed E-state index contributed by atoms with van der Waals surface area (Å²) in [6, 6.07) is 1.93. The number of hydrogen-bond acceptors (Lipinski definition) is 5. The first-order valence-corrected chi connectivity index (χ1v) is 8.85. The Morgan fingerprint density at radius 1 is 1.36 bits per heavy atom. The monoisotopic (exact) mass is 342 g/mol. The van der Waals surface area contributed by atoms with Gasteiger partial charge >= 0.3 is 0 Å². The lowest BCUT2D eigenvalue weighted by molar-refractivity contribution is -0.135. The normalized spacial score (nSPS) is 20.5. The van der Waals surface area contributed by atoms with E-state index in [1.165, 1.54) is 10.9 Å². The zero-order chi connectivity index (χ0) is 17.4. The Labute approximate surface area is 145 Å². The molecule has 2 aliphatic rings. The molecule has 1 unspecified atom stereocenters. The van der Waals surface area contributed by atoms with Crippen molar-refractivity contribution in [1.29, 1.82) is 0 Å². The number of nitrogens with zero attached hydrogens (tertiary/aromatic N) is 4. The lowest BCUT2D eigenvalue weighted by atomic mass is 9.87. The first kappa shape index (κ1) is 16.2. The van der Waals surface area contributed by atoms with Gasteiger partial charge in [0.1, 0.15) is 12.9 Å². The van der Waals surface area contributed by atoms with E-state index in [-0.39, 0.29) is 18.0 Å². The molecule has 0 bridgehead atoms. The largest absolute Gasteiger partial charge is 0.378 e. The Hall–Kier alpha value is -2.28. The first-order chi connectivity index (χ1) is 12.1. The van der Waals surface area contributed by atoms with Crippen LogP contribution in [-0.4, -0.2) is 51.6 Å². The summed E-state index contributed by atoms with van der Waals surface area (Å²) in [5.74, 6) is 0.527. The minimum absolute atomic E-state index is 0.00919. The molecule has 0 spiro atoms. The van der Waals surface area contributed by atoms with Gasteiger partial charge in [0.05, 0.1) is 18.6 Å². The van der Waals surface area contributed by atoms with Crippen molar-refractivity contribution in [2.45, 2.75) is 32.7 Å². The molecule has 1 fully saturated rings. The summed E-state index contributed by atoms with van der Waals surface area (Å²) < 4.78 is 6.65. The van der Waals surface area contributed by atoms with Gasteiger partial charge in [-0.05, 0) is 36.8 Å². The SMILES string of the molecule is CC1CCc2nc3ncn(CC(=O)N4CCOCC4)c(=O)c3cc2C1. The summed E-state index contributed by atoms with van der Waals surface area (Å²) in [7, 11) is 0. The molecule has 4 rings (SSSR count). The highest BCUT2D eigenvalue weighted by molar-refractivity contribution is 5.78. The van der Waals surface area contributed by atoms with E-state index in [4.69, 9.17) is 4.74 Å². The number of rotatable bonds is 2. The second-order valence-corrected chi connectivity index (χ2v) is 6.98. The highest BCUT2D eigenvalue weighted by Crippen LogP contribution is 2.25. The molecule has 3 heterocycles. The van der Waals surface area contributed by atoms with Crippen molar-refractivity contribution in [2.24, 2.45) is 5.92 Å². The van der Waals surface area contributed by atoms with E-state index in [9.17, 15) is 9.59 Å². The van der Waals surface area contributed by atoms with Crippen molar-refractivity contribution in [2.75, 3.05) is 26.3 Å². The lowest BCUT2D eigenvalue weighted by Crippen LogP contribution is -2.43. The molecule has 25 heavy (non-hydrogen) atoms. The number of pyridine rings is 1. The summed E-state index contributed by atoms with van der Waals surface area (Å²) in [5, 5.41) is 0.505. The third-order valence-electron chi connectivity index (χ3n) is 5.09.